The molecule has 0 saturated carbocycles. The summed E-state index contributed by atoms with van der Waals surface area (Å²) < 4.78 is 6.05. The molecule has 1 N–H and O–H groups in total. The minimum Gasteiger partial charge on any atom is -0.508 e. The van der Waals surface area contributed by atoms with Crippen molar-refractivity contribution < 1.29 is 9.63 Å². The molecule has 0 saturated heterocycles. The average Bonchev–Trinajstić information content (AvgIpc) is 2.56. The normalized spacial score (nSPS) is 13.5. The highest BCUT2D eigenvalue weighted by molar-refractivity contribution is 7.53. The first-order chi connectivity index (χ1) is 11.3. The van der Waals surface area contributed by atoms with E-state index in [9.17, 15) is 5.11 Å². The zero-order chi connectivity index (χ0) is 17.7. The summed E-state index contributed by atoms with van der Waals surface area (Å²) in [4.78, 5) is 0. The summed E-state index contributed by atoms with van der Waals surface area (Å²) >= 11 is 0. The van der Waals surface area contributed by atoms with E-state index in [1.807, 2.05) is 31.2 Å². The van der Waals surface area contributed by atoms with Crippen LogP contribution < -0.4 is 4.52 Å². The summed E-state index contributed by atoms with van der Waals surface area (Å²) in [6, 6.07) is 15.7. The number of benzene rings is 2. The molecule has 2 nitrogen and oxygen atoms in total. The van der Waals surface area contributed by atoms with E-state index in [4.69, 9.17) is 4.52 Å². The number of hydrogen-bond acceptors (Lipinski definition) is 2. The van der Waals surface area contributed by atoms with Crippen LogP contribution in [0.4, 0.5) is 0 Å². The van der Waals surface area contributed by atoms with Gasteiger partial charge in [0.25, 0.3) is 0 Å². The van der Waals surface area contributed by atoms with Gasteiger partial charge >= 0.3 is 0 Å². The second-order valence-corrected chi connectivity index (χ2v) is 8.45. The van der Waals surface area contributed by atoms with Crippen LogP contribution in [0.1, 0.15) is 38.8 Å². The van der Waals surface area contributed by atoms with Crippen molar-refractivity contribution in [3.05, 3.63) is 59.7 Å². The molecule has 2 aromatic carbocycles. The molecule has 0 aliphatic carbocycles. The third-order valence-electron chi connectivity index (χ3n) is 4.31. The highest BCUT2D eigenvalue weighted by Crippen LogP contribution is 2.40. The fraction of sp³-hybridized carbons (Fsp3) is 0.333. The van der Waals surface area contributed by atoms with E-state index in [-0.39, 0.29) is 11.1 Å². The summed E-state index contributed by atoms with van der Waals surface area (Å²) in [5.74, 6) is 7.29. The second-order valence-electron chi connectivity index (χ2n) is 6.40. The maximum atomic E-state index is 9.47. The van der Waals surface area contributed by atoms with Crippen LogP contribution in [-0.4, -0.2) is 17.4 Å². The molecule has 0 amide bonds. The largest absolute Gasteiger partial charge is 0.508 e. The van der Waals surface area contributed by atoms with E-state index in [1.165, 1.54) is 11.1 Å². The number of aromatic hydroxyl groups is 1. The molecular weight excluding hydrogens is 315 g/mol. The predicted octanol–water partition coefficient (Wildman–Crippen LogP) is 5.54. The van der Waals surface area contributed by atoms with Crippen molar-refractivity contribution in [3.63, 3.8) is 0 Å². The quantitative estimate of drug-likeness (QED) is 0.572. The summed E-state index contributed by atoms with van der Waals surface area (Å²) in [5, 5.41) is 9.47. The smallest absolute Gasteiger partial charge is 0.123 e. The zero-order valence-corrected chi connectivity index (χ0v) is 15.9. The van der Waals surface area contributed by atoms with Gasteiger partial charge in [-0.3, -0.25) is 0 Å². The number of rotatable bonds is 5. The molecule has 3 heteroatoms. The molecule has 0 radical (unpaired) electrons. The molecule has 2 atom stereocenters. The molecule has 0 aromatic heterocycles. The Kier molecular flexibility index (Phi) is 5.92. The molecule has 24 heavy (non-hydrogen) atoms. The van der Waals surface area contributed by atoms with Crippen LogP contribution in [0, 0.1) is 11.8 Å². The lowest BCUT2D eigenvalue weighted by molar-refractivity contribution is 0.474. The minimum absolute atomic E-state index is 0.135. The zero-order valence-electron chi connectivity index (χ0n) is 15.0. The first-order valence-electron chi connectivity index (χ1n) is 8.07. The van der Waals surface area contributed by atoms with Gasteiger partial charge in [0.1, 0.15) is 11.5 Å². The third-order valence-corrected chi connectivity index (χ3v) is 6.03. The minimum atomic E-state index is -0.611. The molecule has 0 aliphatic rings. The van der Waals surface area contributed by atoms with E-state index in [2.05, 4.69) is 51.4 Å². The molecule has 2 aromatic rings. The van der Waals surface area contributed by atoms with Gasteiger partial charge in [-0.25, -0.2) is 0 Å². The molecular formula is C21H25O2P. The lowest BCUT2D eigenvalue weighted by atomic mass is 9.78. The van der Waals surface area contributed by atoms with Gasteiger partial charge in [-0.1, -0.05) is 44.0 Å². The number of hydrogen-bond donors (Lipinski definition) is 1. The molecule has 2 unspecified atom stereocenters. The predicted molar refractivity (Wildman–Crippen MR) is 103 cm³/mol. The highest BCUT2D eigenvalue weighted by Gasteiger charge is 2.23. The lowest BCUT2D eigenvalue weighted by Gasteiger charge is -2.26. The van der Waals surface area contributed by atoms with Gasteiger partial charge in [0.05, 0.1) is 13.8 Å². The van der Waals surface area contributed by atoms with Crippen LogP contribution in [0.3, 0.4) is 0 Å². The molecule has 0 bridgehead atoms. The van der Waals surface area contributed by atoms with Crippen molar-refractivity contribution in [1.29, 1.82) is 0 Å². The topological polar surface area (TPSA) is 29.5 Å². The third kappa shape index (κ3) is 4.31. The van der Waals surface area contributed by atoms with E-state index in [0.717, 1.165) is 5.75 Å². The molecule has 0 fully saturated rings. The molecule has 0 aliphatic heterocycles. The van der Waals surface area contributed by atoms with Crippen LogP contribution >= 0.6 is 8.15 Å². The fourth-order valence-corrected chi connectivity index (χ4v) is 3.45. The van der Waals surface area contributed by atoms with Gasteiger partial charge in [-0.05, 0) is 55.9 Å². The summed E-state index contributed by atoms with van der Waals surface area (Å²) in [7, 11) is -0.611. The average molecular weight is 340 g/mol. The van der Waals surface area contributed by atoms with Crippen molar-refractivity contribution in [3.8, 4) is 23.3 Å². The molecule has 0 heterocycles. The van der Waals surface area contributed by atoms with Crippen molar-refractivity contribution in [1.82, 2.24) is 0 Å². The summed E-state index contributed by atoms with van der Waals surface area (Å²) in [6.45, 7) is 10.4. The highest BCUT2D eigenvalue weighted by atomic mass is 31.1. The summed E-state index contributed by atoms with van der Waals surface area (Å²) in [5.41, 5.74) is 2.50. The van der Waals surface area contributed by atoms with Crippen molar-refractivity contribution >= 4 is 8.15 Å². The summed E-state index contributed by atoms with van der Waals surface area (Å²) in [6.07, 6.45) is 0. The van der Waals surface area contributed by atoms with Crippen LogP contribution in [0.25, 0.3) is 0 Å². The Bertz CT molecular complexity index is 721. The molecule has 126 valence electrons. The van der Waals surface area contributed by atoms with Gasteiger partial charge < -0.3 is 9.63 Å². The molecule has 0 spiro atoms. The Labute approximate surface area is 146 Å². The maximum absolute atomic E-state index is 9.47. The molecule has 2 rings (SSSR count). The van der Waals surface area contributed by atoms with Crippen molar-refractivity contribution in [2.45, 2.75) is 38.8 Å². The fourth-order valence-electron chi connectivity index (χ4n) is 2.52. The van der Waals surface area contributed by atoms with E-state index in [0.29, 0.717) is 5.75 Å². The van der Waals surface area contributed by atoms with Gasteiger partial charge in [-0.15, -0.1) is 5.92 Å². The van der Waals surface area contributed by atoms with E-state index >= 15 is 0 Å². The Hall–Kier alpha value is -1.97. The van der Waals surface area contributed by atoms with Gasteiger partial charge in [-0.2, -0.15) is 0 Å². The first kappa shape index (κ1) is 18.4. The standard InChI is InChI=1S/C21H25O2P/c1-6-7-16(2)24(5)23-20-14-10-18(11-15-20)21(3,4)17-8-12-19(22)13-9-17/h8-16,22H,1-5H3. The van der Waals surface area contributed by atoms with Gasteiger partial charge in [0, 0.05) is 5.41 Å². The number of phenols is 1. The SMILES string of the molecule is CC#CC(C)P(C)Oc1ccc(C(C)(C)c2ccc(O)cc2)cc1. The van der Waals surface area contributed by atoms with Crippen LogP contribution in [0.5, 0.6) is 11.5 Å². The Morgan fingerprint density at radius 1 is 1.00 bits per heavy atom. The Morgan fingerprint density at radius 3 is 2.00 bits per heavy atom. The lowest BCUT2D eigenvalue weighted by Crippen LogP contribution is -2.18. The first-order valence-corrected chi connectivity index (χ1v) is 9.85. The van der Waals surface area contributed by atoms with Crippen molar-refractivity contribution in [2.75, 3.05) is 6.66 Å². The van der Waals surface area contributed by atoms with E-state index in [1.54, 1.807) is 12.1 Å². The maximum Gasteiger partial charge on any atom is 0.123 e. The van der Waals surface area contributed by atoms with Crippen molar-refractivity contribution in [2.24, 2.45) is 0 Å². The Balaban J connectivity index is 2.16. The second kappa shape index (κ2) is 7.73. The van der Waals surface area contributed by atoms with Gasteiger partial charge in [0.15, 0.2) is 0 Å². The van der Waals surface area contributed by atoms with Crippen LogP contribution in [-0.2, 0) is 5.41 Å². The Morgan fingerprint density at radius 2 is 1.50 bits per heavy atom. The van der Waals surface area contributed by atoms with Crippen LogP contribution in [0.2, 0.25) is 0 Å². The monoisotopic (exact) mass is 340 g/mol. The van der Waals surface area contributed by atoms with E-state index < -0.39 is 8.15 Å². The number of phenolic OH excluding ortho intramolecular Hbond substituents is 1. The van der Waals surface area contributed by atoms with Crippen LogP contribution in [0.15, 0.2) is 48.5 Å². The van der Waals surface area contributed by atoms with Gasteiger partial charge in [0.2, 0.25) is 0 Å².